The van der Waals surface area contributed by atoms with Gasteiger partial charge in [-0.3, -0.25) is 9.59 Å². The minimum absolute atomic E-state index is 0.186. The molecule has 2 aromatic rings. The molecule has 0 aliphatic carbocycles. The Labute approximate surface area is 153 Å². The first-order valence-electron chi connectivity index (χ1n) is 8.70. The first-order chi connectivity index (χ1) is 12.5. The van der Waals surface area contributed by atoms with Gasteiger partial charge in [-0.2, -0.15) is 0 Å². The van der Waals surface area contributed by atoms with Crippen molar-refractivity contribution >= 4 is 11.8 Å². The van der Waals surface area contributed by atoms with Crippen LogP contribution in [0, 0.1) is 5.92 Å². The Hall–Kier alpha value is -2.76. The van der Waals surface area contributed by atoms with Gasteiger partial charge in [0.2, 0.25) is 11.8 Å². The van der Waals surface area contributed by atoms with Crippen LogP contribution in [0.15, 0.2) is 47.1 Å². The molecule has 6 heteroatoms. The number of amides is 2. The molecule has 2 N–H and O–H groups in total. The molecule has 140 valence electrons. The molecule has 0 aliphatic heterocycles. The SMILES string of the molecule is COc1ccc(CC(=O)N[C@H](CC(C)C)C(=O)NCc2ccco2)cc1. The van der Waals surface area contributed by atoms with Gasteiger partial charge in [0, 0.05) is 0 Å². The molecule has 0 bridgehead atoms. The molecule has 6 nitrogen and oxygen atoms in total. The van der Waals surface area contributed by atoms with Crippen molar-refractivity contribution in [3.05, 3.63) is 54.0 Å². The fourth-order valence-electron chi connectivity index (χ4n) is 2.59. The van der Waals surface area contributed by atoms with Crippen LogP contribution in [0.2, 0.25) is 0 Å². The van der Waals surface area contributed by atoms with E-state index < -0.39 is 6.04 Å². The Morgan fingerprint density at radius 3 is 2.46 bits per heavy atom. The van der Waals surface area contributed by atoms with Crippen molar-refractivity contribution in [3.63, 3.8) is 0 Å². The molecule has 0 saturated heterocycles. The van der Waals surface area contributed by atoms with E-state index >= 15 is 0 Å². The van der Waals surface area contributed by atoms with Crippen molar-refractivity contribution in [2.75, 3.05) is 7.11 Å². The topological polar surface area (TPSA) is 80.6 Å². The van der Waals surface area contributed by atoms with Crippen LogP contribution in [0.3, 0.4) is 0 Å². The number of ether oxygens (including phenoxy) is 1. The number of carbonyl (C=O) groups is 2. The Morgan fingerprint density at radius 2 is 1.88 bits per heavy atom. The standard InChI is InChI=1S/C20H26N2O4/c1-14(2)11-18(20(24)21-13-17-5-4-10-26-17)22-19(23)12-15-6-8-16(25-3)9-7-15/h4-10,14,18H,11-13H2,1-3H3,(H,21,24)(H,22,23)/t18-/m1/s1. The summed E-state index contributed by atoms with van der Waals surface area (Å²) in [5.41, 5.74) is 0.864. The van der Waals surface area contributed by atoms with E-state index in [2.05, 4.69) is 10.6 Å². The van der Waals surface area contributed by atoms with Gasteiger partial charge >= 0.3 is 0 Å². The number of carbonyl (C=O) groups excluding carboxylic acids is 2. The molecule has 0 spiro atoms. The summed E-state index contributed by atoms with van der Waals surface area (Å²) in [6, 6.07) is 10.3. The van der Waals surface area contributed by atoms with Gasteiger partial charge in [-0.1, -0.05) is 26.0 Å². The maximum atomic E-state index is 12.5. The van der Waals surface area contributed by atoms with E-state index in [0.29, 0.717) is 18.7 Å². The van der Waals surface area contributed by atoms with Gasteiger partial charge < -0.3 is 19.8 Å². The van der Waals surface area contributed by atoms with E-state index in [1.807, 2.05) is 38.1 Å². The van der Waals surface area contributed by atoms with Gasteiger partial charge in [0.1, 0.15) is 17.6 Å². The molecule has 1 aromatic heterocycles. The molecule has 0 radical (unpaired) electrons. The van der Waals surface area contributed by atoms with Crippen molar-refractivity contribution in [1.29, 1.82) is 0 Å². The summed E-state index contributed by atoms with van der Waals surface area (Å²) in [5, 5.41) is 5.65. The predicted octanol–water partition coefficient (Wildman–Crippen LogP) is 2.68. The van der Waals surface area contributed by atoms with Crippen LogP contribution in [-0.2, 0) is 22.6 Å². The van der Waals surface area contributed by atoms with Crippen molar-refractivity contribution in [2.24, 2.45) is 5.92 Å². The van der Waals surface area contributed by atoms with Crippen LogP contribution >= 0.6 is 0 Å². The summed E-state index contributed by atoms with van der Waals surface area (Å²) >= 11 is 0. The quantitative estimate of drug-likeness (QED) is 0.722. The number of hydrogen-bond acceptors (Lipinski definition) is 4. The van der Waals surface area contributed by atoms with Crippen LogP contribution in [-0.4, -0.2) is 25.0 Å². The van der Waals surface area contributed by atoms with Crippen molar-refractivity contribution < 1.29 is 18.7 Å². The number of furan rings is 1. The summed E-state index contributed by atoms with van der Waals surface area (Å²) in [5.74, 6) is 1.29. The maximum Gasteiger partial charge on any atom is 0.242 e. The highest BCUT2D eigenvalue weighted by Gasteiger charge is 2.22. The van der Waals surface area contributed by atoms with Crippen LogP contribution in [0.4, 0.5) is 0 Å². The lowest BCUT2D eigenvalue weighted by Gasteiger charge is -2.20. The minimum atomic E-state index is -0.573. The smallest absolute Gasteiger partial charge is 0.242 e. The second kappa shape index (κ2) is 9.65. The third kappa shape index (κ3) is 6.27. The van der Waals surface area contributed by atoms with Crippen LogP contribution < -0.4 is 15.4 Å². The Balaban J connectivity index is 1.92. The van der Waals surface area contributed by atoms with E-state index in [4.69, 9.17) is 9.15 Å². The van der Waals surface area contributed by atoms with Gasteiger partial charge in [0.15, 0.2) is 0 Å². The molecular weight excluding hydrogens is 332 g/mol. The van der Waals surface area contributed by atoms with E-state index in [1.54, 1.807) is 25.5 Å². The maximum absolute atomic E-state index is 12.5. The number of hydrogen-bond donors (Lipinski definition) is 2. The van der Waals surface area contributed by atoms with E-state index in [0.717, 1.165) is 11.3 Å². The average Bonchev–Trinajstić information content (AvgIpc) is 3.13. The molecule has 2 amide bonds. The number of benzene rings is 1. The van der Waals surface area contributed by atoms with E-state index in [9.17, 15) is 9.59 Å². The average molecular weight is 358 g/mol. The van der Waals surface area contributed by atoms with Gasteiger partial charge in [0.05, 0.1) is 26.3 Å². The lowest BCUT2D eigenvalue weighted by Crippen LogP contribution is -2.47. The largest absolute Gasteiger partial charge is 0.497 e. The second-order valence-corrected chi connectivity index (χ2v) is 6.57. The zero-order valence-corrected chi connectivity index (χ0v) is 15.5. The summed E-state index contributed by atoms with van der Waals surface area (Å²) in [6.07, 6.45) is 2.34. The Kier molecular flexibility index (Phi) is 7.26. The van der Waals surface area contributed by atoms with Crippen molar-refractivity contribution in [3.8, 4) is 5.75 Å². The highest BCUT2D eigenvalue weighted by atomic mass is 16.5. The first-order valence-corrected chi connectivity index (χ1v) is 8.70. The molecule has 0 saturated carbocycles. The van der Waals surface area contributed by atoms with Gasteiger partial charge in [-0.25, -0.2) is 0 Å². The molecular formula is C20H26N2O4. The van der Waals surface area contributed by atoms with Gasteiger partial charge in [-0.05, 0) is 42.2 Å². The summed E-state index contributed by atoms with van der Waals surface area (Å²) < 4.78 is 10.3. The fraction of sp³-hybridized carbons (Fsp3) is 0.400. The van der Waals surface area contributed by atoms with Crippen LogP contribution in [0.5, 0.6) is 5.75 Å². The Bertz CT molecular complexity index is 693. The molecule has 26 heavy (non-hydrogen) atoms. The first kappa shape index (κ1) is 19.6. The molecule has 0 aliphatic rings. The van der Waals surface area contributed by atoms with Crippen LogP contribution in [0.1, 0.15) is 31.6 Å². The summed E-state index contributed by atoms with van der Waals surface area (Å²) in [7, 11) is 1.60. The number of rotatable bonds is 9. The predicted molar refractivity (Wildman–Crippen MR) is 98.6 cm³/mol. The molecule has 0 unspecified atom stereocenters. The van der Waals surface area contributed by atoms with E-state index in [1.165, 1.54) is 0 Å². The second-order valence-electron chi connectivity index (χ2n) is 6.57. The molecule has 1 heterocycles. The minimum Gasteiger partial charge on any atom is -0.497 e. The highest BCUT2D eigenvalue weighted by molar-refractivity contribution is 5.88. The summed E-state index contributed by atoms with van der Waals surface area (Å²) in [6.45, 7) is 4.33. The lowest BCUT2D eigenvalue weighted by molar-refractivity contribution is -0.129. The van der Waals surface area contributed by atoms with Crippen molar-refractivity contribution in [2.45, 2.75) is 39.3 Å². The van der Waals surface area contributed by atoms with Crippen LogP contribution in [0.25, 0.3) is 0 Å². The van der Waals surface area contributed by atoms with Gasteiger partial charge in [-0.15, -0.1) is 0 Å². The normalized spacial score (nSPS) is 11.8. The lowest BCUT2D eigenvalue weighted by atomic mass is 10.0. The number of nitrogens with one attached hydrogen (secondary N) is 2. The zero-order valence-electron chi connectivity index (χ0n) is 15.5. The summed E-state index contributed by atoms with van der Waals surface area (Å²) in [4.78, 5) is 24.8. The molecule has 2 rings (SSSR count). The monoisotopic (exact) mass is 358 g/mol. The highest BCUT2D eigenvalue weighted by Crippen LogP contribution is 2.12. The molecule has 1 atom stereocenters. The molecule has 0 fully saturated rings. The van der Waals surface area contributed by atoms with Gasteiger partial charge in [0.25, 0.3) is 0 Å². The number of methoxy groups -OCH3 is 1. The molecule has 1 aromatic carbocycles. The zero-order chi connectivity index (χ0) is 18.9. The Morgan fingerprint density at radius 1 is 1.15 bits per heavy atom. The third-order valence-corrected chi connectivity index (χ3v) is 3.90. The third-order valence-electron chi connectivity index (χ3n) is 3.90. The van der Waals surface area contributed by atoms with E-state index in [-0.39, 0.29) is 24.2 Å². The van der Waals surface area contributed by atoms with Crippen molar-refractivity contribution in [1.82, 2.24) is 10.6 Å². The fourth-order valence-corrected chi connectivity index (χ4v) is 2.59.